The Morgan fingerprint density at radius 2 is 1.64 bits per heavy atom. The molecule has 0 spiro atoms. The quantitative estimate of drug-likeness (QED) is 0.177. The van der Waals surface area contributed by atoms with E-state index in [0.29, 0.717) is 0 Å². The van der Waals surface area contributed by atoms with Crippen LogP contribution in [0.3, 0.4) is 0 Å². The van der Waals surface area contributed by atoms with E-state index in [4.69, 9.17) is 10.4 Å². The van der Waals surface area contributed by atoms with Crippen molar-refractivity contribution in [1.82, 2.24) is 0 Å². The fourth-order valence-corrected chi connectivity index (χ4v) is 1.82. The van der Waals surface area contributed by atoms with Crippen LogP contribution in [0.4, 0.5) is 17.6 Å². The summed E-state index contributed by atoms with van der Waals surface area (Å²) in [7, 11) is 0. The molecule has 0 aliphatic heterocycles. The second-order valence-corrected chi connectivity index (χ2v) is 4.55. The average Bonchev–Trinajstić information content (AvgIpc) is 2.48. The lowest BCUT2D eigenvalue weighted by Crippen LogP contribution is -2.07. The monoisotopic (exact) mass is 346 g/mol. The van der Waals surface area contributed by atoms with Crippen molar-refractivity contribution >= 4 is 18.0 Å². The zero-order valence-corrected chi connectivity index (χ0v) is 11.6. The third-order valence-corrected chi connectivity index (χ3v) is 3.02. The fourth-order valence-electron chi connectivity index (χ4n) is 1.39. The summed E-state index contributed by atoms with van der Waals surface area (Å²) in [5.41, 5.74) is 0. The molecule has 1 aromatic carbocycles. The zero-order chi connectivity index (χ0) is 16.7. The Labute approximate surface area is 125 Å². The molecule has 0 fully saturated rings. The van der Waals surface area contributed by atoms with Gasteiger partial charge in [0, 0.05) is 6.42 Å². The molecule has 11 heteroatoms. The maximum Gasteiger partial charge on any atom is 0.303 e. The Morgan fingerprint density at radius 3 is 2.14 bits per heavy atom. The van der Waals surface area contributed by atoms with Gasteiger partial charge in [-0.25, -0.2) is 14.0 Å². The van der Waals surface area contributed by atoms with Crippen LogP contribution in [0.2, 0.25) is 0 Å². The topological polar surface area (TPSA) is 85.2 Å². The van der Waals surface area contributed by atoms with Gasteiger partial charge in [0.2, 0.25) is 11.6 Å². The van der Waals surface area contributed by atoms with Gasteiger partial charge >= 0.3 is 5.97 Å². The first kappa shape index (κ1) is 18.5. The van der Waals surface area contributed by atoms with Crippen LogP contribution in [0.15, 0.2) is 4.90 Å². The number of unbranched alkanes of at least 4 members (excludes halogenated alkanes) is 1. The zero-order valence-electron chi connectivity index (χ0n) is 10.8. The molecule has 0 heterocycles. The van der Waals surface area contributed by atoms with Crippen LogP contribution < -0.4 is 4.74 Å². The van der Waals surface area contributed by atoms with Gasteiger partial charge in [-0.2, -0.15) is 8.78 Å². The first-order valence-electron chi connectivity index (χ1n) is 5.75. The lowest BCUT2D eigenvalue weighted by Gasteiger charge is -2.11. The van der Waals surface area contributed by atoms with Crippen LogP contribution in [0.5, 0.6) is 5.75 Å². The van der Waals surface area contributed by atoms with Crippen LogP contribution in [0.1, 0.15) is 19.3 Å². The van der Waals surface area contributed by atoms with Gasteiger partial charge in [0.05, 0.1) is 18.6 Å². The summed E-state index contributed by atoms with van der Waals surface area (Å²) in [6.45, 7) is -0.331. The number of aliphatic carboxylic acids is 1. The minimum absolute atomic E-state index is 0.117. The van der Waals surface area contributed by atoms with Gasteiger partial charge in [-0.1, -0.05) is 5.04 Å². The van der Waals surface area contributed by atoms with E-state index in [9.17, 15) is 22.4 Å². The summed E-state index contributed by atoms with van der Waals surface area (Å²) in [6, 6.07) is 0. The molecule has 124 valence electrons. The van der Waals surface area contributed by atoms with E-state index in [1.165, 1.54) is 0 Å². The molecule has 0 aliphatic rings. The van der Waals surface area contributed by atoms with E-state index in [-0.39, 0.29) is 37.9 Å². The highest BCUT2D eigenvalue weighted by Gasteiger charge is 2.27. The predicted molar refractivity (Wildman–Crippen MR) is 63.9 cm³/mol. The molecule has 6 nitrogen and oxygen atoms in total. The van der Waals surface area contributed by atoms with Gasteiger partial charge in [0.1, 0.15) is 4.90 Å². The third-order valence-electron chi connectivity index (χ3n) is 2.36. The first-order chi connectivity index (χ1) is 10.4. The molecule has 1 rings (SSSR count). The van der Waals surface area contributed by atoms with Gasteiger partial charge in [0.25, 0.3) is 0 Å². The Balaban J connectivity index is 2.81. The van der Waals surface area contributed by atoms with E-state index in [1.807, 2.05) is 0 Å². The fraction of sp³-hybridized carbons (Fsp3) is 0.364. The molecule has 0 aliphatic carbocycles. The second kappa shape index (κ2) is 8.78. The Kier molecular flexibility index (Phi) is 7.38. The van der Waals surface area contributed by atoms with Gasteiger partial charge in [0.15, 0.2) is 17.4 Å². The van der Waals surface area contributed by atoms with E-state index >= 15 is 0 Å². The second-order valence-electron chi connectivity index (χ2n) is 3.84. The number of hydrogen-bond donors (Lipinski definition) is 2. The van der Waals surface area contributed by atoms with Crippen molar-refractivity contribution in [2.45, 2.75) is 24.2 Å². The Hall–Kier alpha value is -1.56. The van der Waals surface area contributed by atoms with E-state index < -0.39 is 39.9 Å². The largest absolute Gasteiger partial charge is 0.487 e. The molecule has 2 N–H and O–H groups in total. The molecular weight excluding hydrogens is 336 g/mol. The summed E-state index contributed by atoms with van der Waals surface area (Å²) >= 11 is -0.277. The number of carbonyl (C=O) groups is 1. The maximum absolute atomic E-state index is 13.6. The normalized spacial score (nSPS) is 10.8. The van der Waals surface area contributed by atoms with Crippen molar-refractivity contribution in [1.29, 1.82) is 0 Å². The van der Waals surface area contributed by atoms with Crippen LogP contribution in [-0.4, -0.2) is 22.9 Å². The van der Waals surface area contributed by atoms with Crippen molar-refractivity contribution < 1.29 is 46.8 Å². The SMILES string of the molecule is O=C(O)CCCCOc1c(F)c(F)c(SOOO)c(F)c1F. The van der Waals surface area contributed by atoms with Crippen molar-refractivity contribution in [3.8, 4) is 5.75 Å². The van der Waals surface area contributed by atoms with Crippen molar-refractivity contribution in [2.24, 2.45) is 0 Å². The lowest BCUT2D eigenvalue weighted by molar-refractivity contribution is -0.432. The molecule has 0 radical (unpaired) electrons. The number of hydrogen-bond acceptors (Lipinski definition) is 6. The van der Waals surface area contributed by atoms with Gasteiger partial charge in [-0.15, -0.1) is 4.33 Å². The molecule has 0 unspecified atom stereocenters. The molecule has 22 heavy (non-hydrogen) atoms. The van der Waals surface area contributed by atoms with Crippen molar-refractivity contribution in [3.63, 3.8) is 0 Å². The van der Waals surface area contributed by atoms with Crippen molar-refractivity contribution in [2.75, 3.05) is 6.61 Å². The Morgan fingerprint density at radius 1 is 1.05 bits per heavy atom. The van der Waals surface area contributed by atoms with Crippen molar-refractivity contribution in [3.05, 3.63) is 23.3 Å². The van der Waals surface area contributed by atoms with Crippen LogP contribution in [0, 0.1) is 23.3 Å². The lowest BCUT2D eigenvalue weighted by atomic mass is 10.2. The van der Waals surface area contributed by atoms with Gasteiger partial charge in [-0.05, 0) is 12.8 Å². The van der Waals surface area contributed by atoms with Crippen LogP contribution >= 0.6 is 12.0 Å². The minimum Gasteiger partial charge on any atom is -0.487 e. The summed E-state index contributed by atoms with van der Waals surface area (Å²) < 4.78 is 62.6. The summed E-state index contributed by atoms with van der Waals surface area (Å²) in [4.78, 5) is 9.05. The number of carboxylic acids is 1. The summed E-state index contributed by atoms with van der Waals surface area (Å²) in [6.07, 6.45) is 0.108. The first-order valence-corrected chi connectivity index (χ1v) is 6.49. The van der Waals surface area contributed by atoms with E-state index in [0.717, 1.165) is 0 Å². The molecule has 0 amide bonds. The van der Waals surface area contributed by atoms with E-state index in [1.54, 1.807) is 0 Å². The highest BCUT2D eigenvalue weighted by atomic mass is 32.2. The highest BCUT2D eigenvalue weighted by Crippen LogP contribution is 2.35. The molecule has 1 aromatic rings. The Bertz CT molecular complexity index is 513. The standard InChI is InChI=1S/C11H10F4O6S/c12-6-8(14)11(22-21-20-18)9(15)7(13)10(6)19-4-2-1-3-5(16)17/h18H,1-4H2,(H,16,17). The number of ether oxygens (including phenoxy) is 1. The molecule has 0 bridgehead atoms. The number of rotatable bonds is 9. The van der Waals surface area contributed by atoms with Gasteiger partial charge in [-0.3, -0.25) is 4.79 Å². The molecule has 0 saturated carbocycles. The highest BCUT2D eigenvalue weighted by molar-refractivity contribution is 7.94. The van der Waals surface area contributed by atoms with Crippen LogP contribution in [-0.2, 0) is 14.2 Å². The van der Waals surface area contributed by atoms with Gasteiger partial charge < -0.3 is 9.84 Å². The van der Waals surface area contributed by atoms with Crippen LogP contribution in [0.25, 0.3) is 0 Å². The molecule has 0 saturated heterocycles. The third kappa shape index (κ3) is 4.73. The average molecular weight is 346 g/mol. The molecule has 0 aromatic heterocycles. The number of halogens is 4. The summed E-state index contributed by atoms with van der Waals surface area (Å²) in [5, 5.41) is 19.3. The minimum atomic E-state index is -1.79. The number of carboxylic acid groups (broad SMARTS) is 1. The molecule has 0 atom stereocenters. The smallest absolute Gasteiger partial charge is 0.303 e. The summed E-state index contributed by atoms with van der Waals surface area (Å²) in [5.74, 6) is -9.48. The molecular formula is C11H10F4O6S. The number of benzene rings is 1. The maximum atomic E-state index is 13.6. The predicted octanol–water partition coefficient (Wildman–Crippen LogP) is 3.31. The van der Waals surface area contributed by atoms with E-state index in [2.05, 4.69) is 14.1 Å².